The van der Waals surface area contributed by atoms with Gasteiger partial charge in [0.1, 0.15) is 5.75 Å². The van der Waals surface area contributed by atoms with E-state index in [2.05, 4.69) is 16.0 Å². The number of amides is 2. The van der Waals surface area contributed by atoms with E-state index in [-0.39, 0.29) is 24.2 Å². The molecule has 0 bridgehead atoms. The van der Waals surface area contributed by atoms with Gasteiger partial charge in [-0.05, 0) is 42.9 Å². The number of hydrogen-bond acceptors (Lipinski definition) is 4. The first-order valence-electron chi connectivity index (χ1n) is 8.19. The van der Waals surface area contributed by atoms with Crippen molar-refractivity contribution in [2.45, 2.75) is 6.92 Å². The second kappa shape index (κ2) is 11.1. The maximum Gasteiger partial charge on any atom is 0.255 e. The number of benzene rings is 2. The molecule has 0 unspecified atom stereocenters. The Balaban J connectivity index is 0.00000338. The van der Waals surface area contributed by atoms with Crippen molar-refractivity contribution >= 4 is 29.9 Å². The molecule has 0 aliphatic carbocycles. The lowest BCUT2D eigenvalue weighted by Crippen LogP contribution is -2.32. The maximum atomic E-state index is 12.4. The van der Waals surface area contributed by atoms with Crippen molar-refractivity contribution in [2.75, 3.05) is 32.1 Å². The molecule has 0 aromatic heterocycles. The third-order valence-electron chi connectivity index (χ3n) is 3.61. The minimum absolute atomic E-state index is 0. The van der Waals surface area contributed by atoms with Gasteiger partial charge in [0.25, 0.3) is 11.8 Å². The normalized spacial score (nSPS) is 9.77. The third-order valence-corrected chi connectivity index (χ3v) is 3.61. The number of ether oxygens (including phenoxy) is 1. The van der Waals surface area contributed by atoms with Crippen LogP contribution in [-0.4, -0.2) is 38.6 Å². The van der Waals surface area contributed by atoms with E-state index < -0.39 is 0 Å². The summed E-state index contributed by atoms with van der Waals surface area (Å²) in [6, 6.07) is 13.7. The zero-order chi connectivity index (χ0) is 18.1. The lowest BCUT2D eigenvalue weighted by atomic mass is 10.1. The molecule has 2 aromatic rings. The monoisotopic (exact) mass is 377 g/mol. The highest BCUT2D eigenvalue weighted by Crippen LogP contribution is 2.17. The van der Waals surface area contributed by atoms with Crippen LogP contribution in [0.5, 0.6) is 5.75 Å². The van der Waals surface area contributed by atoms with E-state index in [0.29, 0.717) is 35.7 Å². The number of halogens is 1. The highest BCUT2D eigenvalue weighted by Gasteiger charge is 2.13. The summed E-state index contributed by atoms with van der Waals surface area (Å²) in [4.78, 5) is 24.7. The molecule has 3 N–H and O–H groups in total. The Morgan fingerprint density at radius 1 is 0.962 bits per heavy atom. The van der Waals surface area contributed by atoms with Crippen molar-refractivity contribution < 1.29 is 14.3 Å². The van der Waals surface area contributed by atoms with Gasteiger partial charge in [-0.2, -0.15) is 0 Å². The number of methoxy groups -OCH3 is 1. The molecule has 0 spiro atoms. The fourth-order valence-corrected chi connectivity index (χ4v) is 2.26. The lowest BCUT2D eigenvalue weighted by Gasteiger charge is -2.12. The van der Waals surface area contributed by atoms with Crippen LogP contribution in [0.3, 0.4) is 0 Å². The first kappa shape index (κ1) is 21.5. The molecule has 0 fully saturated rings. The van der Waals surface area contributed by atoms with E-state index in [1.807, 2.05) is 6.92 Å². The summed E-state index contributed by atoms with van der Waals surface area (Å²) in [7, 11) is 1.57. The van der Waals surface area contributed by atoms with Crippen LogP contribution in [0.1, 0.15) is 27.6 Å². The number of carbonyl (C=O) groups is 2. The summed E-state index contributed by atoms with van der Waals surface area (Å²) in [6.07, 6.45) is 0. The third kappa shape index (κ3) is 6.06. The first-order chi connectivity index (χ1) is 12.2. The number of rotatable bonds is 8. The van der Waals surface area contributed by atoms with Gasteiger partial charge in [-0.1, -0.05) is 19.1 Å². The topological polar surface area (TPSA) is 79.5 Å². The second-order valence-corrected chi connectivity index (χ2v) is 5.34. The van der Waals surface area contributed by atoms with Gasteiger partial charge in [0, 0.05) is 18.7 Å². The zero-order valence-electron chi connectivity index (χ0n) is 14.9. The van der Waals surface area contributed by atoms with Crippen molar-refractivity contribution in [2.24, 2.45) is 0 Å². The van der Waals surface area contributed by atoms with Crippen LogP contribution >= 0.6 is 12.4 Å². The molecule has 0 heterocycles. The fraction of sp³-hybridized carbons (Fsp3) is 0.263. The molecular weight excluding hydrogens is 354 g/mol. The van der Waals surface area contributed by atoms with Crippen LogP contribution in [0.2, 0.25) is 0 Å². The predicted molar refractivity (Wildman–Crippen MR) is 106 cm³/mol. The van der Waals surface area contributed by atoms with Crippen LogP contribution in [-0.2, 0) is 0 Å². The van der Waals surface area contributed by atoms with Crippen LogP contribution in [0.15, 0.2) is 48.5 Å². The summed E-state index contributed by atoms with van der Waals surface area (Å²) in [5.41, 5.74) is 1.40. The van der Waals surface area contributed by atoms with E-state index in [4.69, 9.17) is 4.74 Å². The molecule has 2 rings (SSSR count). The van der Waals surface area contributed by atoms with Gasteiger partial charge in [0.05, 0.1) is 18.4 Å². The van der Waals surface area contributed by atoms with E-state index in [9.17, 15) is 9.59 Å². The first-order valence-corrected chi connectivity index (χ1v) is 8.19. The summed E-state index contributed by atoms with van der Waals surface area (Å²) >= 11 is 0. The Morgan fingerprint density at radius 3 is 2.31 bits per heavy atom. The molecule has 0 aliphatic heterocycles. The van der Waals surface area contributed by atoms with Gasteiger partial charge in [-0.15, -0.1) is 12.4 Å². The van der Waals surface area contributed by atoms with Gasteiger partial charge in [-0.3, -0.25) is 9.59 Å². The highest BCUT2D eigenvalue weighted by atomic mass is 35.5. The number of anilines is 1. The van der Waals surface area contributed by atoms with Crippen molar-refractivity contribution in [3.05, 3.63) is 59.7 Å². The van der Waals surface area contributed by atoms with E-state index in [1.54, 1.807) is 55.6 Å². The summed E-state index contributed by atoms with van der Waals surface area (Å²) in [5.74, 6) is 0.177. The minimum atomic E-state index is -0.282. The van der Waals surface area contributed by atoms with Crippen molar-refractivity contribution in [3.8, 4) is 5.75 Å². The fourth-order valence-electron chi connectivity index (χ4n) is 2.26. The number of hydrogen-bond donors (Lipinski definition) is 3. The molecule has 2 amide bonds. The Labute approximate surface area is 159 Å². The number of nitrogens with one attached hydrogen (secondary N) is 3. The van der Waals surface area contributed by atoms with Crippen molar-refractivity contribution in [3.63, 3.8) is 0 Å². The van der Waals surface area contributed by atoms with Gasteiger partial charge >= 0.3 is 0 Å². The molecule has 7 heteroatoms. The number of carbonyl (C=O) groups excluding carboxylic acids is 2. The Hall–Kier alpha value is -2.57. The smallest absolute Gasteiger partial charge is 0.255 e. The Kier molecular flexibility index (Phi) is 9.19. The SMILES string of the molecule is CCNCCNC(=O)c1ccccc1NC(=O)c1ccc(OC)cc1.Cl. The van der Waals surface area contributed by atoms with Gasteiger partial charge < -0.3 is 20.7 Å². The summed E-state index contributed by atoms with van der Waals surface area (Å²) < 4.78 is 5.08. The molecule has 0 aliphatic rings. The molecule has 26 heavy (non-hydrogen) atoms. The lowest BCUT2D eigenvalue weighted by molar-refractivity contribution is 0.0955. The molecule has 140 valence electrons. The molecule has 0 saturated heterocycles. The number of likely N-dealkylation sites (N-methyl/N-ethyl adjacent to an activating group) is 1. The maximum absolute atomic E-state index is 12.4. The Morgan fingerprint density at radius 2 is 1.65 bits per heavy atom. The van der Waals surface area contributed by atoms with Crippen molar-refractivity contribution in [1.82, 2.24) is 10.6 Å². The van der Waals surface area contributed by atoms with Gasteiger partial charge in [0.15, 0.2) is 0 Å². The zero-order valence-corrected chi connectivity index (χ0v) is 15.7. The molecule has 0 saturated carbocycles. The minimum Gasteiger partial charge on any atom is -0.497 e. The van der Waals surface area contributed by atoms with Crippen molar-refractivity contribution in [1.29, 1.82) is 0 Å². The number of para-hydroxylation sites is 1. The highest BCUT2D eigenvalue weighted by molar-refractivity contribution is 6.09. The molecular formula is C19H24ClN3O3. The quantitative estimate of drug-likeness (QED) is 0.618. The van der Waals surface area contributed by atoms with Crippen LogP contribution in [0, 0.1) is 0 Å². The molecule has 2 aromatic carbocycles. The molecule has 0 atom stereocenters. The average molecular weight is 378 g/mol. The average Bonchev–Trinajstić information content (AvgIpc) is 2.65. The molecule has 0 radical (unpaired) electrons. The Bertz CT molecular complexity index is 720. The summed E-state index contributed by atoms with van der Waals surface area (Å²) in [6.45, 7) is 4.08. The standard InChI is InChI=1S/C19H23N3O3.ClH/c1-3-20-12-13-21-19(24)16-6-4-5-7-17(16)22-18(23)14-8-10-15(25-2)11-9-14;/h4-11,20H,3,12-13H2,1-2H3,(H,21,24)(H,22,23);1H. The predicted octanol–water partition coefficient (Wildman–Crippen LogP) is 2.71. The second-order valence-electron chi connectivity index (χ2n) is 5.34. The van der Waals surface area contributed by atoms with Crippen LogP contribution in [0.25, 0.3) is 0 Å². The van der Waals surface area contributed by atoms with E-state index in [1.165, 1.54) is 0 Å². The largest absolute Gasteiger partial charge is 0.497 e. The van der Waals surface area contributed by atoms with Gasteiger partial charge in [-0.25, -0.2) is 0 Å². The van der Waals surface area contributed by atoms with Gasteiger partial charge in [0.2, 0.25) is 0 Å². The molecule has 6 nitrogen and oxygen atoms in total. The van der Waals surface area contributed by atoms with Crippen LogP contribution < -0.4 is 20.7 Å². The summed E-state index contributed by atoms with van der Waals surface area (Å²) in [5, 5.41) is 8.76. The van der Waals surface area contributed by atoms with E-state index >= 15 is 0 Å². The van der Waals surface area contributed by atoms with Crippen LogP contribution in [0.4, 0.5) is 5.69 Å². The van der Waals surface area contributed by atoms with E-state index in [0.717, 1.165) is 6.54 Å².